The van der Waals surface area contributed by atoms with Crippen molar-refractivity contribution in [3.05, 3.63) is 64.1 Å². The van der Waals surface area contributed by atoms with Crippen LogP contribution in [0.5, 0.6) is 0 Å². The molecule has 4 nitrogen and oxygen atoms in total. The molecule has 2 saturated heterocycles. The minimum absolute atomic E-state index is 0.182. The number of halogens is 2. The molecule has 0 spiro atoms. The van der Waals surface area contributed by atoms with E-state index in [9.17, 15) is 5.11 Å². The second kappa shape index (κ2) is 8.38. The number of nitrogens with zero attached hydrogens (tertiary/aromatic N) is 3. The van der Waals surface area contributed by atoms with Gasteiger partial charge in [-0.25, -0.2) is 0 Å². The van der Waals surface area contributed by atoms with Gasteiger partial charge in [0.25, 0.3) is 0 Å². The third-order valence-corrected chi connectivity index (χ3v) is 6.11. The summed E-state index contributed by atoms with van der Waals surface area (Å²) < 4.78 is 0. The van der Waals surface area contributed by atoms with Crippen LogP contribution in [0.2, 0.25) is 10.0 Å². The van der Waals surface area contributed by atoms with E-state index in [1.807, 2.05) is 30.3 Å². The summed E-state index contributed by atoms with van der Waals surface area (Å²) in [6.07, 6.45) is -0.327. The van der Waals surface area contributed by atoms with Crippen molar-refractivity contribution < 1.29 is 5.11 Å². The molecule has 0 aliphatic carbocycles. The topological polar surface area (TPSA) is 30.0 Å². The lowest BCUT2D eigenvalue weighted by molar-refractivity contribution is 0.0424. The van der Waals surface area contributed by atoms with Gasteiger partial charge in [-0.05, 0) is 35.9 Å². The maximum Gasteiger partial charge on any atom is 0.0887 e. The van der Waals surface area contributed by atoms with Gasteiger partial charge in [-0.3, -0.25) is 9.80 Å². The molecule has 0 bridgehead atoms. The number of anilines is 1. The first kappa shape index (κ1) is 19.0. The maximum absolute atomic E-state index is 10.6. The summed E-state index contributed by atoms with van der Waals surface area (Å²) in [5.41, 5.74) is 2.38. The molecule has 0 saturated carbocycles. The number of hydrogen-bond acceptors (Lipinski definition) is 4. The Labute approximate surface area is 170 Å². The van der Waals surface area contributed by atoms with E-state index in [4.69, 9.17) is 23.2 Å². The molecule has 0 radical (unpaired) electrons. The van der Waals surface area contributed by atoms with Crippen LogP contribution in [-0.2, 0) is 6.54 Å². The van der Waals surface area contributed by atoms with Crippen molar-refractivity contribution in [3.8, 4) is 0 Å². The zero-order valence-corrected chi connectivity index (χ0v) is 16.8. The number of piperazine rings is 1. The van der Waals surface area contributed by atoms with Crippen LogP contribution in [0.1, 0.15) is 5.56 Å². The van der Waals surface area contributed by atoms with Crippen molar-refractivity contribution in [2.45, 2.75) is 18.7 Å². The quantitative estimate of drug-likeness (QED) is 0.844. The van der Waals surface area contributed by atoms with Crippen molar-refractivity contribution in [3.63, 3.8) is 0 Å². The summed E-state index contributed by atoms with van der Waals surface area (Å²) >= 11 is 12.1. The minimum atomic E-state index is -0.327. The Morgan fingerprint density at radius 3 is 2.33 bits per heavy atom. The molecule has 2 aromatic rings. The maximum atomic E-state index is 10.6. The molecule has 6 heteroatoms. The highest BCUT2D eigenvalue weighted by atomic mass is 35.5. The monoisotopic (exact) mass is 405 g/mol. The molecule has 2 aromatic carbocycles. The van der Waals surface area contributed by atoms with Crippen molar-refractivity contribution in [1.29, 1.82) is 0 Å². The first-order valence-electron chi connectivity index (χ1n) is 9.48. The Kier molecular flexibility index (Phi) is 5.90. The van der Waals surface area contributed by atoms with E-state index in [-0.39, 0.29) is 12.1 Å². The summed E-state index contributed by atoms with van der Waals surface area (Å²) in [7, 11) is 0. The van der Waals surface area contributed by atoms with Crippen LogP contribution in [0.4, 0.5) is 5.69 Å². The van der Waals surface area contributed by atoms with E-state index >= 15 is 0 Å². The second-order valence-corrected chi connectivity index (χ2v) is 8.33. The van der Waals surface area contributed by atoms with Gasteiger partial charge in [-0.2, -0.15) is 0 Å². The average Bonchev–Trinajstić information content (AvgIpc) is 3.06. The van der Waals surface area contributed by atoms with Crippen molar-refractivity contribution in [2.75, 3.05) is 44.2 Å². The summed E-state index contributed by atoms with van der Waals surface area (Å²) in [5, 5.41) is 12.1. The number of benzene rings is 2. The molecular weight excluding hydrogens is 381 g/mol. The number of hydrogen-bond donors (Lipinski definition) is 1. The van der Waals surface area contributed by atoms with Gasteiger partial charge in [-0.1, -0.05) is 41.4 Å². The Balaban J connectivity index is 1.32. The van der Waals surface area contributed by atoms with Crippen molar-refractivity contribution >= 4 is 28.9 Å². The third-order valence-electron chi connectivity index (χ3n) is 5.63. The fourth-order valence-corrected chi connectivity index (χ4v) is 4.42. The van der Waals surface area contributed by atoms with Gasteiger partial charge in [0.05, 0.1) is 12.1 Å². The molecule has 2 fully saturated rings. The predicted molar refractivity (Wildman–Crippen MR) is 112 cm³/mol. The summed E-state index contributed by atoms with van der Waals surface area (Å²) in [6, 6.07) is 16.2. The molecule has 4 rings (SSSR count). The van der Waals surface area contributed by atoms with Crippen LogP contribution in [0.3, 0.4) is 0 Å². The smallest absolute Gasteiger partial charge is 0.0887 e. The molecule has 2 heterocycles. The minimum Gasteiger partial charge on any atom is -0.390 e. The highest BCUT2D eigenvalue weighted by molar-refractivity contribution is 6.31. The van der Waals surface area contributed by atoms with E-state index in [1.165, 1.54) is 5.56 Å². The lowest BCUT2D eigenvalue weighted by atomic mass is 10.1. The standard InChI is InChI=1S/C21H25Cl2N3O/c22-17-6-4-16(5-7-17)13-24-8-10-25(11-9-24)20-14-26(15-21(20)27)19-3-1-2-18(23)12-19/h1-7,12,20-21,27H,8-11,13-15H2/t20-,21-/m1/s1. The lowest BCUT2D eigenvalue weighted by Crippen LogP contribution is -2.53. The van der Waals surface area contributed by atoms with Crippen LogP contribution >= 0.6 is 23.2 Å². The number of rotatable bonds is 4. The van der Waals surface area contributed by atoms with Crippen LogP contribution < -0.4 is 4.90 Å². The van der Waals surface area contributed by atoms with Crippen LogP contribution in [0.15, 0.2) is 48.5 Å². The van der Waals surface area contributed by atoms with Crippen molar-refractivity contribution in [2.24, 2.45) is 0 Å². The van der Waals surface area contributed by atoms with Crippen LogP contribution in [0.25, 0.3) is 0 Å². The zero-order valence-electron chi connectivity index (χ0n) is 15.3. The molecule has 144 valence electrons. The highest BCUT2D eigenvalue weighted by Crippen LogP contribution is 2.26. The normalized spacial score (nSPS) is 24.5. The van der Waals surface area contributed by atoms with Gasteiger partial charge in [0, 0.05) is 61.5 Å². The number of aliphatic hydroxyl groups excluding tert-OH is 1. The van der Waals surface area contributed by atoms with E-state index in [1.54, 1.807) is 0 Å². The molecule has 0 amide bonds. The van der Waals surface area contributed by atoms with Gasteiger partial charge in [0.15, 0.2) is 0 Å². The van der Waals surface area contributed by atoms with Crippen LogP contribution in [-0.4, -0.2) is 66.3 Å². The Morgan fingerprint density at radius 1 is 0.889 bits per heavy atom. The molecule has 0 aromatic heterocycles. The van der Waals surface area contributed by atoms with E-state index in [2.05, 4.69) is 32.9 Å². The Morgan fingerprint density at radius 2 is 1.63 bits per heavy atom. The molecule has 2 aliphatic heterocycles. The summed E-state index contributed by atoms with van der Waals surface area (Å²) in [4.78, 5) is 7.14. The van der Waals surface area contributed by atoms with Crippen molar-refractivity contribution in [1.82, 2.24) is 9.80 Å². The summed E-state index contributed by atoms with van der Waals surface area (Å²) in [6.45, 7) is 6.46. The second-order valence-electron chi connectivity index (χ2n) is 7.46. The third kappa shape index (κ3) is 4.58. The predicted octanol–water partition coefficient (Wildman–Crippen LogP) is 3.36. The van der Waals surface area contributed by atoms with E-state index < -0.39 is 0 Å². The van der Waals surface area contributed by atoms with E-state index in [0.29, 0.717) is 6.54 Å². The number of β-amino-alcohol motifs (C(OH)–C–C–N with tert-alkyl or cyclic N) is 1. The summed E-state index contributed by atoms with van der Waals surface area (Å²) in [5.74, 6) is 0. The molecule has 0 unspecified atom stereocenters. The van der Waals surface area contributed by atoms with Gasteiger partial charge < -0.3 is 10.0 Å². The molecule has 2 atom stereocenters. The Bertz CT molecular complexity index is 762. The first-order valence-corrected chi connectivity index (χ1v) is 10.2. The first-order chi connectivity index (χ1) is 13.1. The fourth-order valence-electron chi connectivity index (χ4n) is 4.11. The number of aliphatic hydroxyl groups is 1. The van der Waals surface area contributed by atoms with Gasteiger partial charge in [-0.15, -0.1) is 0 Å². The molecule has 2 aliphatic rings. The largest absolute Gasteiger partial charge is 0.390 e. The van der Waals surface area contributed by atoms with Crippen LogP contribution in [0, 0.1) is 0 Å². The zero-order chi connectivity index (χ0) is 18.8. The van der Waals surface area contributed by atoms with Gasteiger partial charge in [0.1, 0.15) is 0 Å². The molecule has 1 N–H and O–H groups in total. The average molecular weight is 406 g/mol. The van der Waals surface area contributed by atoms with E-state index in [0.717, 1.165) is 55.0 Å². The fraction of sp³-hybridized carbons (Fsp3) is 0.429. The lowest BCUT2D eigenvalue weighted by Gasteiger charge is -2.38. The van der Waals surface area contributed by atoms with Gasteiger partial charge in [0.2, 0.25) is 0 Å². The molecular formula is C21H25Cl2N3O. The Hall–Kier alpha value is -1.30. The highest BCUT2D eigenvalue weighted by Gasteiger charge is 2.36. The SMILES string of the molecule is O[C@@H]1CN(c2cccc(Cl)c2)C[C@H]1N1CCN(Cc2ccc(Cl)cc2)CC1. The molecule has 27 heavy (non-hydrogen) atoms. The van der Waals surface area contributed by atoms with Gasteiger partial charge >= 0.3 is 0 Å².